The van der Waals surface area contributed by atoms with Gasteiger partial charge in [0.15, 0.2) is 11.5 Å². The topological polar surface area (TPSA) is 68.7 Å². The first-order valence-electron chi connectivity index (χ1n) is 8.11. The van der Waals surface area contributed by atoms with E-state index in [1.165, 1.54) is 16.4 Å². The van der Waals surface area contributed by atoms with E-state index in [1.807, 2.05) is 0 Å². The van der Waals surface area contributed by atoms with Gasteiger partial charge >= 0.3 is 0 Å². The van der Waals surface area contributed by atoms with E-state index in [0.29, 0.717) is 22.7 Å². The summed E-state index contributed by atoms with van der Waals surface area (Å²) in [6.45, 7) is 0.152. The van der Waals surface area contributed by atoms with Crippen LogP contribution in [-0.2, 0) is 16.6 Å². The molecule has 1 aliphatic rings. The molecule has 1 aromatic heterocycles. The summed E-state index contributed by atoms with van der Waals surface area (Å²) in [5.41, 5.74) is 1.12. The molecule has 8 heteroatoms. The fourth-order valence-electron chi connectivity index (χ4n) is 2.75. The highest BCUT2D eigenvalue weighted by molar-refractivity contribution is 7.92. The van der Waals surface area contributed by atoms with E-state index in [4.69, 9.17) is 9.47 Å². The number of ether oxygens (including phenoxy) is 2. The minimum Gasteiger partial charge on any atom is -0.454 e. The summed E-state index contributed by atoms with van der Waals surface area (Å²) >= 11 is 0. The monoisotopic (exact) mass is 386 g/mol. The lowest BCUT2D eigenvalue weighted by Crippen LogP contribution is -2.30. The Morgan fingerprint density at radius 3 is 2.56 bits per heavy atom. The number of aromatic nitrogens is 1. The molecule has 0 unspecified atom stereocenters. The molecule has 0 saturated heterocycles. The largest absolute Gasteiger partial charge is 0.454 e. The van der Waals surface area contributed by atoms with Gasteiger partial charge in [0.2, 0.25) is 6.79 Å². The van der Waals surface area contributed by atoms with Gasteiger partial charge in [0.1, 0.15) is 5.82 Å². The van der Waals surface area contributed by atoms with Crippen LogP contribution >= 0.6 is 0 Å². The molecule has 4 rings (SSSR count). The number of benzene rings is 2. The number of anilines is 1. The van der Waals surface area contributed by atoms with Crippen molar-refractivity contribution in [2.45, 2.75) is 11.4 Å². The molecule has 1 aliphatic heterocycles. The molecule has 0 N–H and O–H groups in total. The Morgan fingerprint density at radius 1 is 1.04 bits per heavy atom. The Hall–Kier alpha value is -3.13. The summed E-state index contributed by atoms with van der Waals surface area (Å²) in [4.78, 5) is 4.03. The zero-order chi connectivity index (χ0) is 18.9. The normalized spacial score (nSPS) is 12.8. The van der Waals surface area contributed by atoms with Crippen LogP contribution in [0.2, 0.25) is 0 Å². The number of rotatable bonds is 5. The SMILES string of the molecule is O=S(=O)(c1ccc(F)cc1)N(Cc1cccnc1)c1ccc2c(c1)OCO2. The second-order valence-corrected chi connectivity index (χ2v) is 7.73. The maximum atomic E-state index is 13.3. The van der Waals surface area contributed by atoms with E-state index in [2.05, 4.69) is 4.98 Å². The van der Waals surface area contributed by atoms with Gasteiger partial charge in [0.05, 0.1) is 17.1 Å². The van der Waals surface area contributed by atoms with Crippen LogP contribution in [0.25, 0.3) is 0 Å². The molecule has 138 valence electrons. The van der Waals surface area contributed by atoms with Crippen LogP contribution in [0.5, 0.6) is 11.5 Å². The summed E-state index contributed by atoms with van der Waals surface area (Å²) < 4.78 is 51.7. The van der Waals surface area contributed by atoms with Gasteiger partial charge in [-0.2, -0.15) is 0 Å². The first-order chi connectivity index (χ1) is 13.0. The molecule has 3 aromatic rings. The van der Waals surface area contributed by atoms with Crippen LogP contribution in [-0.4, -0.2) is 20.2 Å². The molecule has 0 bridgehead atoms. The molecule has 27 heavy (non-hydrogen) atoms. The van der Waals surface area contributed by atoms with Crippen LogP contribution < -0.4 is 13.8 Å². The third-order valence-electron chi connectivity index (χ3n) is 4.09. The maximum absolute atomic E-state index is 13.3. The molecule has 0 radical (unpaired) electrons. The lowest BCUT2D eigenvalue weighted by Gasteiger charge is -2.25. The standard InChI is InChI=1S/C19H15FN2O4S/c20-15-3-6-17(7-4-15)27(23,24)22(12-14-2-1-9-21-11-14)16-5-8-18-19(10-16)26-13-25-18/h1-11H,12-13H2. The van der Waals surface area contributed by atoms with Gasteiger partial charge in [0.25, 0.3) is 10.0 Å². The molecule has 0 aliphatic carbocycles. The summed E-state index contributed by atoms with van der Waals surface area (Å²) in [6, 6.07) is 13.2. The van der Waals surface area contributed by atoms with Crippen molar-refractivity contribution in [3.63, 3.8) is 0 Å². The molecule has 0 saturated carbocycles. The number of fused-ring (bicyclic) bond motifs is 1. The number of nitrogens with zero attached hydrogens (tertiary/aromatic N) is 2. The average Bonchev–Trinajstić information content (AvgIpc) is 3.15. The van der Waals surface area contributed by atoms with E-state index in [-0.39, 0.29) is 18.2 Å². The van der Waals surface area contributed by atoms with E-state index in [1.54, 1.807) is 42.7 Å². The highest BCUT2D eigenvalue weighted by atomic mass is 32.2. The van der Waals surface area contributed by atoms with Gasteiger partial charge in [-0.25, -0.2) is 12.8 Å². The van der Waals surface area contributed by atoms with Gasteiger partial charge < -0.3 is 9.47 Å². The minimum absolute atomic E-state index is 0.00884. The molecule has 0 fully saturated rings. The molecule has 6 nitrogen and oxygen atoms in total. The van der Waals surface area contributed by atoms with Crippen molar-refractivity contribution in [3.05, 3.63) is 78.4 Å². The molecular weight excluding hydrogens is 371 g/mol. The second-order valence-electron chi connectivity index (χ2n) is 5.86. The van der Waals surface area contributed by atoms with E-state index in [9.17, 15) is 12.8 Å². The Balaban J connectivity index is 1.79. The molecule has 0 amide bonds. The first-order valence-corrected chi connectivity index (χ1v) is 9.55. The highest BCUT2D eigenvalue weighted by Crippen LogP contribution is 2.37. The minimum atomic E-state index is -3.94. The highest BCUT2D eigenvalue weighted by Gasteiger charge is 2.27. The van der Waals surface area contributed by atoms with Crippen molar-refractivity contribution in [3.8, 4) is 11.5 Å². The van der Waals surface area contributed by atoms with Crippen LogP contribution in [0.4, 0.5) is 10.1 Å². The van der Waals surface area contributed by atoms with Gasteiger partial charge in [-0.3, -0.25) is 9.29 Å². The summed E-state index contributed by atoms with van der Waals surface area (Å²) in [5.74, 6) is 0.521. The summed E-state index contributed by atoms with van der Waals surface area (Å²) in [5, 5.41) is 0. The molecule has 0 atom stereocenters. The maximum Gasteiger partial charge on any atom is 0.264 e. The second kappa shape index (κ2) is 6.88. The van der Waals surface area contributed by atoms with Crippen LogP contribution in [0, 0.1) is 5.82 Å². The summed E-state index contributed by atoms with van der Waals surface area (Å²) in [7, 11) is -3.94. The molecule has 0 spiro atoms. The van der Waals surface area contributed by atoms with Crippen molar-refractivity contribution in [2.75, 3.05) is 11.1 Å². The van der Waals surface area contributed by atoms with Crippen molar-refractivity contribution >= 4 is 15.7 Å². The lowest BCUT2D eigenvalue weighted by atomic mass is 10.2. The average molecular weight is 386 g/mol. The van der Waals surface area contributed by atoms with Crippen molar-refractivity contribution in [2.24, 2.45) is 0 Å². The van der Waals surface area contributed by atoms with Crippen LogP contribution in [0.3, 0.4) is 0 Å². The Morgan fingerprint density at radius 2 is 1.81 bits per heavy atom. The van der Waals surface area contributed by atoms with Crippen molar-refractivity contribution in [1.29, 1.82) is 0 Å². The number of halogens is 1. The fourth-order valence-corrected chi connectivity index (χ4v) is 4.19. The molecule has 2 heterocycles. The third kappa shape index (κ3) is 3.43. The molecule has 2 aromatic carbocycles. The number of hydrogen-bond acceptors (Lipinski definition) is 5. The Kier molecular flexibility index (Phi) is 4.41. The molecular formula is C19H15FN2O4S. The van der Waals surface area contributed by atoms with E-state index < -0.39 is 15.8 Å². The Labute approximate surface area is 155 Å². The zero-order valence-electron chi connectivity index (χ0n) is 14.1. The lowest BCUT2D eigenvalue weighted by molar-refractivity contribution is 0.174. The quantitative estimate of drug-likeness (QED) is 0.673. The summed E-state index contributed by atoms with van der Waals surface area (Å²) in [6.07, 6.45) is 3.21. The number of pyridine rings is 1. The van der Waals surface area contributed by atoms with Gasteiger partial charge in [-0.05, 0) is 48.0 Å². The Bertz CT molecular complexity index is 1060. The number of sulfonamides is 1. The number of hydrogen-bond donors (Lipinski definition) is 0. The zero-order valence-corrected chi connectivity index (χ0v) is 14.9. The van der Waals surface area contributed by atoms with Crippen LogP contribution in [0.1, 0.15) is 5.56 Å². The van der Waals surface area contributed by atoms with Gasteiger partial charge in [-0.15, -0.1) is 0 Å². The third-order valence-corrected chi connectivity index (χ3v) is 5.88. The van der Waals surface area contributed by atoms with E-state index in [0.717, 1.165) is 12.1 Å². The predicted octanol–water partition coefficient (Wildman–Crippen LogP) is 3.34. The smallest absolute Gasteiger partial charge is 0.264 e. The van der Waals surface area contributed by atoms with Crippen molar-refractivity contribution < 1.29 is 22.3 Å². The fraction of sp³-hybridized carbons (Fsp3) is 0.105. The van der Waals surface area contributed by atoms with E-state index >= 15 is 0 Å². The first kappa shape index (κ1) is 17.3. The van der Waals surface area contributed by atoms with Gasteiger partial charge in [0, 0.05) is 18.5 Å². The predicted molar refractivity (Wildman–Crippen MR) is 96.6 cm³/mol. The van der Waals surface area contributed by atoms with Crippen LogP contribution in [0.15, 0.2) is 71.9 Å². The van der Waals surface area contributed by atoms with Gasteiger partial charge in [-0.1, -0.05) is 6.07 Å². The van der Waals surface area contributed by atoms with Crippen molar-refractivity contribution in [1.82, 2.24) is 4.98 Å².